The molecular weight excluding hydrogens is 554 g/mol. The van der Waals surface area contributed by atoms with Crippen molar-refractivity contribution in [3.8, 4) is 11.5 Å². The second-order valence-corrected chi connectivity index (χ2v) is 11.1. The van der Waals surface area contributed by atoms with Crippen LogP contribution >= 0.6 is 22.9 Å². The molecule has 0 saturated heterocycles. The Labute approximate surface area is 226 Å². The van der Waals surface area contributed by atoms with Gasteiger partial charge in [0, 0.05) is 28.4 Å². The average Bonchev–Trinajstić information content (AvgIpc) is 3.46. The van der Waals surface area contributed by atoms with Crippen molar-refractivity contribution in [3.63, 3.8) is 0 Å². The molecule has 1 N–H and O–H groups in total. The van der Waals surface area contributed by atoms with E-state index < -0.39 is 21.9 Å². The summed E-state index contributed by atoms with van der Waals surface area (Å²) < 4.78 is 46.2. The van der Waals surface area contributed by atoms with E-state index in [1.54, 1.807) is 29.7 Å². The molecule has 0 radical (unpaired) electrons. The first-order valence-electron chi connectivity index (χ1n) is 11.3. The fourth-order valence-corrected chi connectivity index (χ4v) is 5.94. The van der Waals surface area contributed by atoms with Gasteiger partial charge in [-0.2, -0.15) is 4.99 Å². The molecule has 0 spiro atoms. The van der Waals surface area contributed by atoms with E-state index >= 15 is 0 Å². The number of halogens is 1. The zero-order valence-corrected chi connectivity index (χ0v) is 22.2. The highest BCUT2D eigenvalue weighted by Gasteiger charge is 2.20. The Balaban J connectivity index is 1.49. The van der Waals surface area contributed by atoms with Gasteiger partial charge in [-0.25, -0.2) is 8.42 Å². The molecule has 38 heavy (non-hydrogen) atoms. The second-order valence-electron chi connectivity index (χ2n) is 8.01. The van der Waals surface area contributed by atoms with Gasteiger partial charge in [0.15, 0.2) is 16.3 Å². The summed E-state index contributed by atoms with van der Waals surface area (Å²) in [4.78, 5) is 30.0. The predicted molar refractivity (Wildman–Crippen MR) is 141 cm³/mol. The van der Waals surface area contributed by atoms with E-state index in [9.17, 15) is 18.0 Å². The van der Waals surface area contributed by atoms with Gasteiger partial charge in [-0.3, -0.25) is 14.3 Å². The number of fused-ring (bicyclic) bond motifs is 2. The lowest BCUT2D eigenvalue weighted by molar-refractivity contribution is -0.143. The van der Waals surface area contributed by atoms with E-state index in [2.05, 4.69) is 9.71 Å². The maximum absolute atomic E-state index is 13.2. The van der Waals surface area contributed by atoms with Crippen molar-refractivity contribution in [2.45, 2.75) is 18.4 Å². The highest BCUT2D eigenvalue weighted by molar-refractivity contribution is 7.92. The lowest BCUT2D eigenvalue weighted by Gasteiger charge is -2.09. The van der Waals surface area contributed by atoms with Crippen LogP contribution in [0.5, 0.6) is 11.5 Å². The topological polar surface area (TPSA) is 125 Å². The fraction of sp³-hybridized carbons (Fsp3) is 0.160. The summed E-state index contributed by atoms with van der Waals surface area (Å²) in [5.74, 6) is -0.0360. The lowest BCUT2D eigenvalue weighted by atomic mass is 10.2. The quantitative estimate of drug-likeness (QED) is 0.329. The highest BCUT2D eigenvalue weighted by atomic mass is 35.5. The van der Waals surface area contributed by atoms with Gasteiger partial charge in [0.05, 0.1) is 21.7 Å². The molecule has 2 heterocycles. The van der Waals surface area contributed by atoms with Crippen molar-refractivity contribution in [1.29, 1.82) is 0 Å². The normalized spacial score (nSPS) is 13.1. The number of nitrogens with zero attached hydrogens (tertiary/aromatic N) is 2. The van der Waals surface area contributed by atoms with Crippen LogP contribution in [0.1, 0.15) is 17.3 Å². The number of aromatic nitrogens is 1. The first-order chi connectivity index (χ1) is 18.2. The van der Waals surface area contributed by atoms with Crippen molar-refractivity contribution in [1.82, 2.24) is 4.57 Å². The molecule has 10 nitrogen and oxygen atoms in total. The number of esters is 1. The summed E-state index contributed by atoms with van der Waals surface area (Å²) in [7, 11) is -3.91. The Morgan fingerprint density at radius 2 is 1.84 bits per heavy atom. The molecule has 1 amide bonds. The Kier molecular flexibility index (Phi) is 7.11. The highest BCUT2D eigenvalue weighted by Crippen LogP contribution is 2.37. The number of sulfonamides is 1. The molecule has 0 unspecified atom stereocenters. The minimum absolute atomic E-state index is 0.0217. The number of hydrogen-bond acceptors (Lipinski definition) is 8. The smallest absolute Gasteiger partial charge is 0.326 e. The molecule has 1 aromatic heterocycles. The molecule has 0 fully saturated rings. The predicted octanol–water partition coefficient (Wildman–Crippen LogP) is 4.19. The zero-order chi connectivity index (χ0) is 26.9. The fourth-order valence-electron chi connectivity index (χ4n) is 3.73. The number of amides is 1. The van der Waals surface area contributed by atoms with Crippen LogP contribution in [-0.4, -0.2) is 38.3 Å². The number of nitrogens with one attached hydrogen (secondary N) is 1. The summed E-state index contributed by atoms with van der Waals surface area (Å²) >= 11 is 7.04. The van der Waals surface area contributed by atoms with Gasteiger partial charge in [0.1, 0.15) is 6.54 Å². The standard InChI is InChI=1S/C25H20ClN3O7S2/c1-2-34-23(30)13-29-19-11-20-21(36-14-35-20)12-22(19)37-25(29)27-24(31)15-4-3-5-17(10-15)28-38(32,33)18-8-6-16(26)7-9-18/h3-12,28H,2,13-14H2,1H3. The number of thiazole rings is 1. The molecule has 0 aliphatic carbocycles. The number of rotatable bonds is 7. The van der Waals surface area contributed by atoms with E-state index in [0.29, 0.717) is 22.0 Å². The third-order valence-electron chi connectivity index (χ3n) is 5.45. The van der Waals surface area contributed by atoms with Gasteiger partial charge < -0.3 is 18.8 Å². The van der Waals surface area contributed by atoms with Crippen molar-refractivity contribution < 1.29 is 32.2 Å². The first-order valence-corrected chi connectivity index (χ1v) is 14.0. The molecule has 13 heteroatoms. The van der Waals surface area contributed by atoms with Gasteiger partial charge >= 0.3 is 5.97 Å². The summed E-state index contributed by atoms with van der Waals surface area (Å²) in [6.07, 6.45) is 0. The second kappa shape index (κ2) is 10.5. The molecule has 0 bridgehead atoms. The number of hydrogen-bond donors (Lipinski definition) is 1. The number of benzene rings is 3. The Morgan fingerprint density at radius 1 is 1.11 bits per heavy atom. The SMILES string of the molecule is CCOC(=O)Cn1c(=NC(=O)c2cccc(NS(=O)(=O)c3ccc(Cl)cc3)c2)sc2cc3c(cc21)OCO3. The van der Waals surface area contributed by atoms with Gasteiger partial charge in [-0.05, 0) is 49.4 Å². The monoisotopic (exact) mass is 573 g/mol. The van der Waals surface area contributed by atoms with Crippen LogP contribution in [-0.2, 0) is 26.1 Å². The van der Waals surface area contributed by atoms with E-state index in [0.717, 1.165) is 4.70 Å². The molecule has 4 aromatic rings. The van der Waals surface area contributed by atoms with Crippen LogP contribution in [0.15, 0.2) is 70.6 Å². The summed E-state index contributed by atoms with van der Waals surface area (Å²) in [6, 6.07) is 15.2. The zero-order valence-electron chi connectivity index (χ0n) is 19.8. The van der Waals surface area contributed by atoms with Gasteiger partial charge in [0.2, 0.25) is 6.79 Å². The lowest BCUT2D eigenvalue weighted by Crippen LogP contribution is -2.23. The summed E-state index contributed by atoms with van der Waals surface area (Å²) in [6.45, 7) is 1.84. The molecule has 1 aliphatic rings. The van der Waals surface area contributed by atoms with E-state index in [-0.39, 0.29) is 40.9 Å². The Morgan fingerprint density at radius 3 is 2.58 bits per heavy atom. The average molecular weight is 574 g/mol. The number of ether oxygens (including phenoxy) is 3. The summed E-state index contributed by atoms with van der Waals surface area (Å²) in [5.41, 5.74) is 0.960. The maximum Gasteiger partial charge on any atom is 0.326 e. The third-order valence-corrected chi connectivity index (χ3v) is 8.14. The van der Waals surface area contributed by atoms with Crippen molar-refractivity contribution in [2.75, 3.05) is 18.1 Å². The molecule has 1 aliphatic heterocycles. The van der Waals surface area contributed by atoms with E-state index in [1.807, 2.05) is 0 Å². The number of carbonyl (C=O) groups excluding carboxylic acids is 2. The number of anilines is 1. The van der Waals surface area contributed by atoms with E-state index in [1.165, 1.54) is 53.8 Å². The molecule has 0 atom stereocenters. The van der Waals surface area contributed by atoms with Crippen molar-refractivity contribution in [3.05, 3.63) is 76.1 Å². The van der Waals surface area contributed by atoms with Crippen LogP contribution in [0.2, 0.25) is 5.02 Å². The number of carbonyl (C=O) groups is 2. The van der Waals surface area contributed by atoms with Crippen LogP contribution in [0, 0.1) is 0 Å². The van der Waals surface area contributed by atoms with Crippen molar-refractivity contribution >= 4 is 60.7 Å². The van der Waals surface area contributed by atoms with E-state index in [4.69, 9.17) is 25.8 Å². The van der Waals surface area contributed by atoms with Crippen LogP contribution in [0.4, 0.5) is 5.69 Å². The molecule has 3 aromatic carbocycles. The minimum atomic E-state index is -3.91. The van der Waals surface area contributed by atoms with Crippen molar-refractivity contribution in [2.24, 2.45) is 4.99 Å². The Bertz CT molecular complexity index is 1730. The first kappa shape index (κ1) is 25.8. The molecule has 0 saturated carbocycles. The Hall–Kier alpha value is -3.87. The third kappa shape index (κ3) is 5.37. The van der Waals surface area contributed by atoms with Gasteiger partial charge in [-0.1, -0.05) is 29.0 Å². The minimum Gasteiger partial charge on any atom is -0.465 e. The largest absolute Gasteiger partial charge is 0.465 e. The molecule has 5 rings (SSSR count). The van der Waals surface area contributed by atoms with Gasteiger partial charge in [-0.15, -0.1) is 0 Å². The van der Waals surface area contributed by atoms with Crippen LogP contribution in [0.3, 0.4) is 0 Å². The summed E-state index contributed by atoms with van der Waals surface area (Å²) in [5, 5.41) is 0.407. The van der Waals surface area contributed by atoms with Gasteiger partial charge in [0.25, 0.3) is 15.9 Å². The van der Waals surface area contributed by atoms with Crippen LogP contribution in [0.25, 0.3) is 10.2 Å². The van der Waals surface area contributed by atoms with Crippen LogP contribution < -0.4 is 19.0 Å². The maximum atomic E-state index is 13.2. The molecular formula is C25H20ClN3O7S2. The molecule has 196 valence electrons.